The molecular formula is C15H17N5OS. The van der Waals surface area contributed by atoms with Crippen LogP contribution >= 0.6 is 11.8 Å². The van der Waals surface area contributed by atoms with Gasteiger partial charge in [-0.05, 0) is 32.1 Å². The van der Waals surface area contributed by atoms with Gasteiger partial charge < -0.3 is 4.57 Å². The highest BCUT2D eigenvalue weighted by Crippen LogP contribution is 2.29. The second-order valence-electron chi connectivity index (χ2n) is 5.73. The minimum absolute atomic E-state index is 0.0394. The van der Waals surface area contributed by atoms with Crippen LogP contribution in [0.2, 0.25) is 0 Å². The van der Waals surface area contributed by atoms with Crippen molar-refractivity contribution in [3.8, 4) is 0 Å². The summed E-state index contributed by atoms with van der Waals surface area (Å²) in [5, 5.41) is 5.74. The van der Waals surface area contributed by atoms with E-state index in [-0.39, 0.29) is 5.56 Å². The Morgan fingerprint density at radius 1 is 1.27 bits per heavy atom. The van der Waals surface area contributed by atoms with Crippen LogP contribution in [0, 0.1) is 6.92 Å². The number of hydrogen-bond donors (Lipinski definition) is 0. The van der Waals surface area contributed by atoms with Crippen molar-refractivity contribution in [2.45, 2.75) is 43.8 Å². The number of nitrogens with zero attached hydrogens (tertiary/aromatic N) is 5. The fraction of sp³-hybridized carbons (Fsp3) is 0.467. The van der Waals surface area contributed by atoms with Crippen LogP contribution in [-0.4, -0.2) is 30.4 Å². The fourth-order valence-electron chi connectivity index (χ4n) is 3.34. The molecule has 3 aromatic heterocycles. The Bertz CT molecular complexity index is 923. The van der Waals surface area contributed by atoms with E-state index in [9.17, 15) is 4.79 Å². The highest BCUT2D eigenvalue weighted by molar-refractivity contribution is 7.98. The van der Waals surface area contributed by atoms with Gasteiger partial charge in [0.1, 0.15) is 0 Å². The third kappa shape index (κ3) is 1.95. The molecule has 0 bridgehead atoms. The molecule has 0 spiro atoms. The van der Waals surface area contributed by atoms with Gasteiger partial charge in [-0.15, -0.1) is 5.10 Å². The van der Waals surface area contributed by atoms with Crippen LogP contribution in [0.15, 0.2) is 22.2 Å². The quantitative estimate of drug-likeness (QED) is 0.680. The molecule has 1 aliphatic rings. The van der Waals surface area contributed by atoms with Crippen LogP contribution in [0.5, 0.6) is 0 Å². The zero-order valence-electron chi connectivity index (χ0n) is 12.6. The van der Waals surface area contributed by atoms with Crippen molar-refractivity contribution < 1.29 is 0 Å². The molecule has 4 rings (SSSR count). The number of rotatable bonds is 2. The summed E-state index contributed by atoms with van der Waals surface area (Å²) in [6.45, 7) is 1.87. The molecule has 22 heavy (non-hydrogen) atoms. The van der Waals surface area contributed by atoms with Crippen LogP contribution in [0.3, 0.4) is 0 Å². The zero-order chi connectivity index (χ0) is 15.3. The van der Waals surface area contributed by atoms with E-state index in [4.69, 9.17) is 0 Å². The van der Waals surface area contributed by atoms with Crippen LogP contribution in [0.4, 0.5) is 0 Å². The van der Waals surface area contributed by atoms with Crippen LogP contribution in [0.1, 0.15) is 37.4 Å². The summed E-state index contributed by atoms with van der Waals surface area (Å²) in [5.74, 6) is 0.548. The first kappa shape index (κ1) is 13.8. The minimum Gasteiger partial charge on any atom is -0.312 e. The first-order valence-electron chi connectivity index (χ1n) is 7.51. The zero-order valence-corrected chi connectivity index (χ0v) is 13.4. The summed E-state index contributed by atoms with van der Waals surface area (Å²) < 4.78 is 3.55. The smallest absolute Gasteiger partial charge is 0.262 e. The van der Waals surface area contributed by atoms with Gasteiger partial charge in [-0.3, -0.25) is 4.79 Å². The molecule has 0 aliphatic heterocycles. The Hall–Kier alpha value is -1.89. The standard InChI is InChI=1S/C15H17N5OS/c1-9-12-11(20-14(16-9)17-15(18-20)22-2)7-8-19(13(12)21)10-5-3-4-6-10/h7-8,10H,3-6H2,1-2H3. The molecule has 0 amide bonds. The SMILES string of the molecule is CSc1nc2nc(C)c3c(=O)n(C4CCCC4)ccc3n2n1. The van der Waals surface area contributed by atoms with Crippen molar-refractivity contribution in [2.75, 3.05) is 6.26 Å². The maximum atomic E-state index is 12.9. The van der Waals surface area contributed by atoms with E-state index in [0.29, 0.717) is 22.4 Å². The summed E-state index contributed by atoms with van der Waals surface area (Å²) >= 11 is 1.47. The molecule has 1 saturated carbocycles. The third-order valence-electron chi connectivity index (χ3n) is 4.43. The first-order valence-corrected chi connectivity index (χ1v) is 8.73. The van der Waals surface area contributed by atoms with E-state index in [1.54, 1.807) is 4.52 Å². The van der Waals surface area contributed by atoms with Gasteiger partial charge in [-0.2, -0.15) is 9.50 Å². The molecule has 0 N–H and O–H groups in total. The van der Waals surface area contributed by atoms with Crippen molar-refractivity contribution in [3.63, 3.8) is 0 Å². The summed E-state index contributed by atoms with van der Waals surface area (Å²) in [5.41, 5.74) is 1.55. The van der Waals surface area contributed by atoms with Crippen LogP contribution in [0.25, 0.3) is 16.7 Å². The second kappa shape index (κ2) is 5.08. The number of aromatic nitrogens is 5. The molecule has 0 atom stereocenters. The van der Waals surface area contributed by atoms with E-state index >= 15 is 0 Å². The highest BCUT2D eigenvalue weighted by Gasteiger charge is 2.20. The lowest BCUT2D eigenvalue weighted by molar-refractivity contribution is 0.505. The lowest BCUT2D eigenvalue weighted by Gasteiger charge is -2.14. The van der Waals surface area contributed by atoms with E-state index < -0.39 is 0 Å². The summed E-state index contributed by atoms with van der Waals surface area (Å²) in [4.78, 5) is 21.7. The van der Waals surface area contributed by atoms with E-state index in [1.807, 2.05) is 30.0 Å². The monoisotopic (exact) mass is 315 g/mol. The molecular weight excluding hydrogens is 298 g/mol. The maximum absolute atomic E-state index is 12.9. The molecule has 0 radical (unpaired) electrons. The average Bonchev–Trinajstić information content (AvgIpc) is 3.15. The minimum atomic E-state index is 0.0394. The summed E-state index contributed by atoms with van der Waals surface area (Å²) in [6, 6.07) is 2.29. The Morgan fingerprint density at radius 2 is 2.05 bits per heavy atom. The molecule has 1 fully saturated rings. The number of aryl methyl sites for hydroxylation is 1. The van der Waals surface area contributed by atoms with Crippen LogP contribution < -0.4 is 5.56 Å². The van der Waals surface area contributed by atoms with E-state index in [2.05, 4.69) is 15.1 Å². The summed E-state index contributed by atoms with van der Waals surface area (Å²) in [7, 11) is 0. The molecule has 3 heterocycles. The number of pyridine rings is 1. The number of hydrogen-bond acceptors (Lipinski definition) is 5. The van der Waals surface area contributed by atoms with Gasteiger partial charge in [-0.25, -0.2) is 4.98 Å². The lowest BCUT2D eigenvalue weighted by atomic mass is 10.2. The van der Waals surface area contributed by atoms with E-state index in [0.717, 1.165) is 24.1 Å². The van der Waals surface area contributed by atoms with Crippen molar-refractivity contribution in [2.24, 2.45) is 0 Å². The van der Waals surface area contributed by atoms with Crippen molar-refractivity contribution in [1.82, 2.24) is 24.1 Å². The van der Waals surface area contributed by atoms with E-state index in [1.165, 1.54) is 24.6 Å². The van der Waals surface area contributed by atoms with Gasteiger partial charge in [0, 0.05) is 12.2 Å². The molecule has 1 aliphatic carbocycles. The molecule has 0 unspecified atom stereocenters. The third-order valence-corrected chi connectivity index (χ3v) is 4.96. The van der Waals surface area contributed by atoms with Gasteiger partial charge in [-0.1, -0.05) is 24.6 Å². The number of fused-ring (bicyclic) bond motifs is 3. The molecule has 7 heteroatoms. The fourth-order valence-corrected chi connectivity index (χ4v) is 3.68. The van der Waals surface area contributed by atoms with Gasteiger partial charge in [0.25, 0.3) is 11.3 Å². The van der Waals surface area contributed by atoms with Crippen molar-refractivity contribution >= 4 is 28.4 Å². The largest absolute Gasteiger partial charge is 0.312 e. The summed E-state index contributed by atoms with van der Waals surface area (Å²) in [6.07, 6.45) is 8.40. The molecule has 114 valence electrons. The highest BCUT2D eigenvalue weighted by atomic mass is 32.2. The second-order valence-corrected chi connectivity index (χ2v) is 6.51. The topological polar surface area (TPSA) is 65.1 Å². The predicted molar refractivity (Wildman–Crippen MR) is 86.6 cm³/mol. The predicted octanol–water partition coefficient (Wildman–Crippen LogP) is 2.58. The maximum Gasteiger partial charge on any atom is 0.262 e. The number of thioether (sulfide) groups is 1. The molecule has 0 saturated heterocycles. The Balaban J connectivity index is 2.03. The average molecular weight is 315 g/mol. The Morgan fingerprint density at radius 3 is 2.77 bits per heavy atom. The molecule has 0 aromatic carbocycles. The first-order chi connectivity index (χ1) is 10.7. The van der Waals surface area contributed by atoms with Gasteiger partial charge in [0.05, 0.1) is 16.6 Å². The van der Waals surface area contributed by atoms with Crippen molar-refractivity contribution in [1.29, 1.82) is 0 Å². The Kier molecular flexibility index (Phi) is 3.18. The Labute approximate surface area is 131 Å². The molecule has 3 aromatic rings. The molecule has 6 nitrogen and oxygen atoms in total. The van der Waals surface area contributed by atoms with Crippen LogP contribution in [-0.2, 0) is 0 Å². The van der Waals surface area contributed by atoms with Gasteiger partial charge >= 0.3 is 0 Å². The van der Waals surface area contributed by atoms with Gasteiger partial charge in [0.15, 0.2) is 0 Å². The van der Waals surface area contributed by atoms with Crippen molar-refractivity contribution in [3.05, 3.63) is 28.3 Å². The van der Waals surface area contributed by atoms with Gasteiger partial charge in [0.2, 0.25) is 5.16 Å². The lowest BCUT2D eigenvalue weighted by Crippen LogP contribution is -2.24. The normalized spacial score (nSPS) is 16.1.